The van der Waals surface area contributed by atoms with Crippen LogP contribution in [0.4, 0.5) is 5.69 Å². The van der Waals surface area contributed by atoms with Gasteiger partial charge in [-0.15, -0.1) is 0 Å². The highest BCUT2D eigenvalue weighted by Gasteiger charge is 2.39. The molecule has 5 rings (SSSR count). The monoisotopic (exact) mass is 604 g/mol. The molecule has 1 fully saturated rings. The molecular weight excluding hydrogens is 564 g/mol. The molecule has 0 aromatic heterocycles. The molecule has 4 aromatic carbocycles. The first kappa shape index (κ1) is 31.5. The number of carboxylic acid groups (broad SMARTS) is 1. The molecule has 0 unspecified atom stereocenters. The number of nitrogens with one attached hydrogen (secondary N) is 2. The molecule has 1 saturated carbocycles. The van der Waals surface area contributed by atoms with Gasteiger partial charge in [0.05, 0.1) is 12.0 Å². The fourth-order valence-electron chi connectivity index (χ4n) is 6.12. The van der Waals surface area contributed by atoms with Gasteiger partial charge in [0.2, 0.25) is 5.91 Å². The van der Waals surface area contributed by atoms with E-state index in [1.54, 1.807) is 60.7 Å². The van der Waals surface area contributed by atoms with Crippen LogP contribution in [0.25, 0.3) is 0 Å². The van der Waals surface area contributed by atoms with Crippen molar-refractivity contribution in [2.75, 3.05) is 18.5 Å². The van der Waals surface area contributed by atoms with Crippen molar-refractivity contribution in [1.29, 1.82) is 0 Å². The van der Waals surface area contributed by atoms with Crippen molar-refractivity contribution < 1.29 is 24.2 Å². The van der Waals surface area contributed by atoms with Crippen molar-refractivity contribution in [3.8, 4) is 5.75 Å². The van der Waals surface area contributed by atoms with Crippen molar-refractivity contribution in [1.82, 2.24) is 5.32 Å². The van der Waals surface area contributed by atoms with Gasteiger partial charge in [-0.05, 0) is 54.7 Å². The van der Waals surface area contributed by atoms with Crippen LogP contribution in [0.5, 0.6) is 5.75 Å². The number of carbonyl (C=O) groups is 3. The molecule has 0 saturated heterocycles. The van der Waals surface area contributed by atoms with Crippen LogP contribution in [-0.4, -0.2) is 42.0 Å². The highest BCUT2D eigenvalue weighted by molar-refractivity contribution is 6.12. The number of carbonyl (C=O) groups excluding carboxylic acids is 2. The third-order valence-electron chi connectivity index (χ3n) is 8.53. The van der Waals surface area contributed by atoms with E-state index in [0.717, 1.165) is 37.7 Å². The van der Waals surface area contributed by atoms with Crippen LogP contribution < -0.4 is 15.4 Å². The highest BCUT2D eigenvalue weighted by Crippen LogP contribution is 2.39. The third-order valence-corrected chi connectivity index (χ3v) is 8.53. The van der Waals surface area contributed by atoms with Crippen LogP contribution in [0.15, 0.2) is 109 Å². The van der Waals surface area contributed by atoms with Crippen molar-refractivity contribution in [3.05, 3.63) is 131 Å². The number of ether oxygens (including phenoxy) is 1. The number of carboxylic acids is 1. The largest absolute Gasteiger partial charge is 0.492 e. The molecule has 0 bridgehead atoms. The molecule has 7 heteroatoms. The quantitative estimate of drug-likeness (QED) is 0.109. The summed E-state index contributed by atoms with van der Waals surface area (Å²) in [6, 6.07) is 32.5. The van der Waals surface area contributed by atoms with E-state index in [1.807, 2.05) is 36.4 Å². The number of para-hydroxylation sites is 1. The van der Waals surface area contributed by atoms with Crippen LogP contribution in [0.3, 0.4) is 0 Å². The Morgan fingerprint density at radius 2 is 1.40 bits per heavy atom. The van der Waals surface area contributed by atoms with Gasteiger partial charge in [0.1, 0.15) is 18.4 Å². The fourth-order valence-corrected chi connectivity index (χ4v) is 6.12. The van der Waals surface area contributed by atoms with Crippen LogP contribution in [0, 0.1) is 5.41 Å². The number of hydrogen-bond donors (Lipinski definition) is 3. The zero-order valence-corrected chi connectivity index (χ0v) is 25.4. The standard InChI is InChI=1S/C38H40N2O5/c41-35(30-14-6-2-7-15-30)32-16-8-9-17-33(32)40-34(36(42)43)26-28-18-20-31(21-19-28)45-25-24-39-37(44)38(22-10-3-11-23-38)27-29-12-4-1-5-13-29/h1-2,4-9,12-21,34,40H,3,10-11,22-27H2,(H,39,44)(H,42,43)/t34-/m0/s1. The Morgan fingerprint density at radius 3 is 2.09 bits per heavy atom. The molecule has 1 aliphatic carbocycles. The van der Waals surface area contributed by atoms with Crippen molar-refractivity contribution in [3.63, 3.8) is 0 Å². The number of ketones is 1. The van der Waals surface area contributed by atoms with Crippen LogP contribution >= 0.6 is 0 Å². The average molecular weight is 605 g/mol. The summed E-state index contributed by atoms with van der Waals surface area (Å²) in [5, 5.41) is 16.2. The molecular formula is C38H40N2O5. The lowest BCUT2D eigenvalue weighted by atomic mass is 9.69. The summed E-state index contributed by atoms with van der Waals surface area (Å²) in [7, 11) is 0. The topological polar surface area (TPSA) is 105 Å². The van der Waals surface area contributed by atoms with E-state index in [-0.39, 0.29) is 23.5 Å². The average Bonchev–Trinajstić information content (AvgIpc) is 3.08. The number of rotatable bonds is 14. The molecule has 1 atom stereocenters. The first-order chi connectivity index (χ1) is 21.9. The Morgan fingerprint density at radius 1 is 0.756 bits per heavy atom. The van der Waals surface area contributed by atoms with Gasteiger partial charge >= 0.3 is 5.97 Å². The van der Waals surface area contributed by atoms with Gasteiger partial charge in [0, 0.05) is 23.2 Å². The maximum atomic E-state index is 13.4. The maximum Gasteiger partial charge on any atom is 0.326 e. The zero-order chi connectivity index (χ0) is 31.5. The Kier molecular flexibility index (Phi) is 10.6. The molecule has 232 valence electrons. The second-order valence-corrected chi connectivity index (χ2v) is 11.7. The summed E-state index contributed by atoms with van der Waals surface area (Å²) in [5.74, 6) is -0.450. The normalized spacial score (nSPS) is 14.6. The van der Waals surface area contributed by atoms with E-state index in [4.69, 9.17) is 4.74 Å². The van der Waals surface area contributed by atoms with E-state index < -0.39 is 12.0 Å². The van der Waals surface area contributed by atoms with E-state index in [0.29, 0.717) is 35.7 Å². The maximum absolute atomic E-state index is 13.4. The number of benzene rings is 4. The Bertz CT molecular complexity index is 1570. The van der Waals surface area contributed by atoms with Crippen molar-refractivity contribution in [2.24, 2.45) is 5.41 Å². The minimum Gasteiger partial charge on any atom is -0.492 e. The smallest absolute Gasteiger partial charge is 0.326 e. The predicted octanol–water partition coefficient (Wildman–Crippen LogP) is 6.71. The zero-order valence-electron chi connectivity index (χ0n) is 25.4. The molecule has 1 amide bonds. The number of hydrogen-bond acceptors (Lipinski definition) is 5. The first-order valence-electron chi connectivity index (χ1n) is 15.7. The SMILES string of the molecule is O=C(c1ccccc1)c1ccccc1N[C@@H](Cc1ccc(OCCNC(=O)C2(Cc3ccccc3)CCCCC2)cc1)C(=O)O. The summed E-state index contributed by atoms with van der Waals surface area (Å²) >= 11 is 0. The van der Waals surface area contributed by atoms with E-state index in [2.05, 4.69) is 22.8 Å². The lowest BCUT2D eigenvalue weighted by molar-refractivity contribution is -0.138. The van der Waals surface area contributed by atoms with Gasteiger partial charge in [-0.2, -0.15) is 0 Å². The molecule has 1 aliphatic rings. The summed E-state index contributed by atoms with van der Waals surface area (Å²) in [6.45, 7) is 0.737. The Balaban J connectivity index is 1.14. The highest BCUT2D eigenvalue weighted by atomic mass is 16.5. The van der Waals surface area contributed by atoms with E-state index >= 15 is 0 Å². The second kappa shape index (κ2) is 15.2. The minimum atomic E-state index is -1.02. The third kappa shape index (κ3) is 8.38. The van der Waals surface area contributed by atoms with Gasteiger partial charge < -0.3 is 20.5 Å². The fraction of sp³-hybridized carbons (Fsp3) is 0.289. The molecule has 0 aliphatic heterocycles. The molecule has 0 spiro atoms. The Hall–Kier alpha value is -4.91. The lowest BCUT2D eigenvalue weighted by Gasteiger charge is -2.36. The van der Waals surface area contributed by atoms with Crippen LogP contribution in [0.2, 0.25) is 0 Å². The summed E-state index contributed by atoms with van der Waals surface area (Å²) in [5.41, 5.74) is 3.05. The lowest BCUT2D eigenvalue weighted by Crippen LogP contribution is -2.45. The molecule has 7 nitrogen and oxygen atoms in total. The van der Waals surface area contributed by atoms with Gasteiger partial charge in [-0.3, -0.25) is 9.59 Å². The summed E-state index contributed by atoms with van der Waals surface area (Å²) < 4.78 is 5.90. The molecule has 4 aromatic rings. The number of amides is 1. The summed E-state index contributed by atoms with van der Waals surface area (Å²) in [6.07, 6.45) is 6.08. The van der Waals surface area contributed by atoms with Gasteiger partial charge in [-0.1, -0.05) is 104 Å². The predicted molar refractivity (Wildman–Crippen MR) is 176 cm³/mol. The van der Waals surface area contributed by atoms with Crippen LogP contribution in [0.1, 0.15) is 59.2 Å². The van der Waals surface area contributed by atoms with E-state index in [9.17, 15) is 19.5 Å². The van der Waals surface area contributed by atoms with Crippen LogP contribution in [-0.2, 0) is 22.4 Å². The number of aliphatic carboxylic acids is 1. The molecule has 0 radical (unpaired) electrons. The minimum absolute atomic E-state index is 0.101. The Labute approximate surface area is 264 Å². The molecule has 3 N–H and O–H groups in total. The number of anilines is 1. The van der Waals surface area contributed by atoms with Gasteiger partial charge in [-0.25, -0.2) is 4.79 Å². The van der Waals surface area contributed by atoms with Gasteiger partial charge in [0.25, 0.3) is 0 Å². The van der Waals surface area contributed by atoms with Crippen molar-refractivity contribution in [2.45, 2.75) is 51.0 Å². The summed E-state index contributed by atoms with van der Waals surface area (Å²) in [4.78, 5) is 38.7. The second-order valence-electron chi connectivity index (χ2n) is 11.7. The van der Waals surface area contributed by atoms with Crippen molar-refractivity contribution >= 4 is 23.3 Å². The molecule has 45 heavy (non-hydrogen) atoms. The van der Waals surface area contributed by atoms with E-state index in [1.165, 1.54) is 12.0 Å². The van der Waals surface area contributed by atoms with Gasteiger partial charge in [0.15, 0.2) is 5.78 Å². The molecule has 0 heterocycles. The first-order valence-corrected chi connectivity index (χ1v) is 15.7.